The zero-order valence-corrected chi connectivity index (χ0v) is 21.3. The molecule has 3 rings (SSSR count). The molecule has 200 valence electrons. The van der Waals surface area contributed by atoms with E-state index in [-0.39, 0.29) is 24.5 Å². The Morgan fingerprint density at radius 2 is 1.65 bits per heavy atom. The average Bonchev–Trinajstić information content (AvgIpc) is 2.94. The van der Waals surface area contributed by atoms with Crippen LogP contribution in [0.15, 0.2) is 67.3 Å². The maximum atomic E-state index is 12.6. The summed E-state index contributed by atoms with van der Waals surface area (Å²) < 4.78 is 9.88. The van der Waals surface area contributed by atoms with Gasteiger partial charge in [0, 0.05) is 18.5 Å². The minimum Gasteiger partial charge on any atom is -0.496 e. The zero-order valence-electron chi connectivity index (χ0n) is 21.3. The first-order chi connectivity index (χ1) is 17.9. The van der Waals surface area contributed by atoms with Crippen molar-refractivity contribution in [1.82, 2.24) is 16.0 Å². The molecule has 37 heavy (non-hydrogen) atoms. The third-order valence-corrected chi connectivity index (χ3v) is 6.14. The lowest BCUT2D eigenvalue weighted by Crippen LogP contribution is -2.42. The summed E-state index contributed by atoms with van der Waals surface area (Å²) in [6.07, 6.45) is 5.76. The third kappa shape index (κ3) is 9.87. The van der Waals surface area contributed by atoms with E-state index in [1.54, 1.807) is 7.11 Å². The van der Waals surface area contributed by atoms with Crippen molar-refractivity contribution in [3.63, 3.8) is 0 Å². The molecular weight excluding hydrogens is 474 g/mol. The second-order valence-corrected chi connectivity index (χ2v) is 8.63. The standard InChI is InChI=1S/C21H25NO2.C7H12N2O4/c1-24-19-13-7-6-12-18(19)20(23)22-16-21(14-8-3-9-15-21)17-10-4-2-5-11-17;1-2-3-9-7(12)13-5-4-8-6(10)11/h2,4-7,10-13H,3,8-9,14-16H2,1H3,(H,22,23);2,8H,1,3-5H2,(H,9,12)(H,10,11). The highest BCUT2D eigenvalue weighted by atomic mass is 16.5. The van der Waals surface area contributed by atoms with Gasteiger partial charge in [-0.25, -0.2) is 9.59 Å². The lowest BCUT2D eigenvalue weighted by molar-refractivity contribution is 0.0933. The lowest BCUT2D eigenvalue weighted by Gasteiger charge is -2.38. The Balaban J connectivity index is 0.000000317. The number of amides is 3. The van der Waals surface area contributed by atoms with Crippen molar-refractivity contribution in [2.24, 2.45) is 0 Å². The van der Waals surface area contributed by atoms with E-state index in [4.69, 9.17) is 9.84 Å². The Morgan fingerprint density at radius 1 is 0.973 bits per heavy atom. The number of para-hydroxylation sites is 1. The molecule has 0 radical (unpaired) electrons. The van der Waals surface area contributed by atoms with Crippen LogP contribution in [0.5, 0.6) is 5.75 Å². The number of hydrogen-bond acceptors (Lipinski definition) is 5. The molecule has 1 aliphatic carbocycles. The Kier molecular flexibility index (Phi) is 12.5. The molecule has 2 aromatic carbocycles. The molecule has 0 aromatic heterocycles. The highest BCUT2D eigenvalue weighted by molar-refractivity contribution is 5.97. The molecule has 0 heterocycles. The normalized spacial score (nSPS) is 13.6. The summed E-state index contributed by atoms with van der Waals surface area (Å²) in [5.74, 6) is 0.556. The zero-order chi connectivity index (χ0) is 26.9. The van der Waals surface area contributed by atoms with Crippen LogP contribution in [-0.2, 0) is 10.2 Å². The van der Waals surface area contributed by atoms with Crippen molar-refractivity contribution < 1.29 is 29.0 Å². The molecule has 9 heteroatoms. The van der Waals surface area contributed by atoms with Crippen molar-refractivity contribution in [1.29, 1.82) is 0 Å². The molecule has 0 unspecified atom stereocenters. The van der Waals surface area contributed by atoms with Gasteiger partial charge in [-0.1, -0.05) is 67.8 Å². The minimum atomic E-state index is -1.14. The van der Waals surface area contributed by atoms with Gasteiger partial charge in [0.05, 0.1) is 19.2 Å². The van der Waals surface area contributed by atoms with E-state index in [0.717, 1.165) is 12.8 Å². The average molecular weight is 512 g/mol. The Bertz CT molecular complexity index is 1010. The summed E-state index contributed by atoms with van der Waals surface area (Å²) in [5, 5.41) is 15.7. The molecule has 4 N–H and O–H groups in total. The first kappa shape index (κ1) is 29.2. The summed E-state index contributed by atoms with van der Waals surface area (Å²) in [6.45, 7) is 4.48. The highest BCUT2D eigenvalue weighted by Gasteiger charge is 2.34. The van der Waals surface area contributed by atoms with Crippen LogP contribution in [-0.4, -0.2) is 56.6 Å². The Labute approximate surface area is 218 Å². The van der Waals surface area contributed by atoms with Gasteiger partial charge < -0.3 is 30.5 Å². The first-order valence-corrected chi connectivity index (χ1v) is 12.4. The van der Waals surface area contributed by atoms with Crippen molar-refractivity contribution in [2.45, 2.75) is 37.5 Å². The number of nitrogens with one attached hydrogen (secondary N) is 3. The fraction of sp³-hybridized carbons (Fsp3) is 0.393. The predicted molar refractivity (Wildman–Crippen MR) is 142 cm³/mol. The number of alkyl carbamates (subject to hydrolysis) is 1. The number of ether oxygens (including phenoxy) is 2. The van der Waals surface area contributed by atoms with Crippen LogP contribution >= 0.6 is 0 Å². The van der Waals surface area contributed by atoms with Gasteiger partial charge in [-0.05, 0) is 30.5 Å². The molecule has 0 aliphatic heterocycles. The van der Waals surface area contributed by atoms with Crippen molar-refractivity contribution in [3.05, 3.63) is 78.4 Å². The van der Waals surface area contributed by atoms with E-state index in [1.165, 1.54) is 30.9 Å². The van der Waals surface area contributed by atoms with Gasteiger partial charge >= 0.3 is 12.2 Å². The lowest BCUT2D eigenvalue weighted by atomic mass is 9.69. The van der Waals surface area contributed by atoms with Crippen LogP contribution in [0.1, 0.15) is 48.0 Å². The monoisotopic (exact) mass is 511 g/mol. The number of methoxy groups -OCH3 is 1. The number of rotatable bonds is 10. The maximum absolute atomic E-state index is 12.6. The van der Waals surface area contributed by atoms with Gasteiger partial charge in [0.25, 0.3) is 5.91 Å². The van der Waals surface area contributed by atoms with E-state index < -0.39 is 12.2 Å². The molecule has 2 aromatic rings. The molecule has 0 spiro atoms. The molecule has 1 saturated carbocycles. The molecular formula is C28H37N3O6. The van der Waals surface area contributed by atoms with E-state index in [2.05, 4.69) is 46.2 Å². The molecule has 0 saturated heterocycles. The van der Waals surface area contributed by atoms with Gasteiger partial charge in [-0.15, -0.1) is 6.58 Å². The molecule has 0 atom stereocenters. The van der Waals surface area contributed by atoms with Crippen LogP contribution in [0, 0.1) is 0 Å². The van der Waals surface area contributed by atoms with Crippen LogP contribution in [0.2, 0.25) is 0 Å². The van der Waals surface area contributed by atoms with Crippen LogP contribution < -0.4 is 20.7 Å². The topological polar surface area (TPSA) is 126 Å². The van der Waals surface area contributed by atoms with Crippen LogP contribution in [0.4, 0.5) is 9.59 Å². The van der Waals surface area contributed by atoms with E-state index in [1.807, 2.05) is 35.6 Å². The molecule has 3 amide bonds. The van der Waals surface area contributed by atoms with Gasteiger partial charge in [0.1, 0.15) is 12.4 Å². The van der Waals surface area contributed by atoms with E-state index >= 15 is 0 Å². The maximum Gasteiger partial charge on any atom is 0.407 e. The molecule has 0 bridgehead atoms. The molecule has 1 fully saturated rings. The third-order valence-electron chi connectivity index (χ3n) is 6.14. The summed E-state index contributed by atoms with van der Waals surface area (Å²) in [4.78, 5) is 33.3. The number of carboxylic acid groups (broad SMARTS) is 1. The fourth-order valence-electron chi connectivity index (χ4n) is 4.27. The van der Waals surface area contributed by atoms with Gasteiger partial charge in [-0.2, -0.15) is 0 Å². The Morgan fingerprint density at radius 3 is 2.30 bits per heavy atom. The molecule has 9 nitrogen and oxygen atoms in total. The minimum absolute atomic E-state index is 0.00920. The number of hydrogen-bond donors (Lipinski definition) is 4. The smallest absolute Gasteiger partial charge is 0.407 e. The fourth-order valence-corrected chi connectivity index (χ4v) is 4.27. The summed E-state index contributed by atoms with van der Waals surface area (Å²) in [7, 11) is 1.60. The van der Waals surface area contributed by atoms with Gasteiger partial charge in [0.2, 0.25) is 0 Å². The second kappa shape index (κ2) is 15.9. The summed E-state index contributed by atoms with van der Waals surface area (Å²) >= 11 is 0. The van der Waals surface area contributed by atoms with Crippen molar-refractivity contribution >= 4 is 18.1 Å². The Hall–Kier alpha value is -4.01. The quantitative estimate of drug-likeness (QED) is 0.275. The van der Waals surface area contributed by atoms with Crippen LogP contribution in [0.25, 0.3) is 0 Å². The van der Waals surface area contributed by atoms with E-state index in [9.17, 15) is 14.4 Å². The van der Waals surface area contributed by atoms with Crippen LogP contribution in [0.3, 0.4) is 0 Å². The van der Waals surface area contributed by atoms with Crippen molar-refractivity contribution in [2.75, 3.05) is 33.4 Å². The molecule has 1 aliphatic rings. The number of benzene rings is 2. The van der Waals surface area contributed by atoms with Crippen molar-refractivity contribution in [3.8, 4) is 5.75 Å². The largest absolute Gasteiger partial charge is 0.496 e. The highest BCUT2D eigenvalue weighted by Crippen LogP contribution is 2.39. The van der Waals surface area contributed by atoms with Gasteiger partial charge in [0.15, 0.2) is 0 Å². The summed E-state index contributed by atoms with van der Waals surface area (Å²) in [5.41, 5.74) is 1.99. The first-order valence-electron chi connectivity index (χ1n) is 12.4. The second-order valence-electron chi connectivity index (χ2n) is 8.63. The number of carbonyl (C=O) groups is 3. The SMILES string of the molecule is C=CCNC(=O)OCCNC(=O)O.COc1ccccc1C(=O)NCC1(c2ccccc2)CCCCC1. The van der Waals surface area contributed by atoms with Gasteiger partial charge in [-0.3, -0.25) is 4.79 Å². The summed E-state index contributed by atoms with van der Waals surface area (Å²) in [6, 6.07) is 18.0. The predicted octanol–water partition coefficient (Wildman–Crippen LogP) is 4.49. The number of carbonyl (C=O) groups excluding carboxylic acids is 2. The van der Waals surface area contributed by atoms with E-state index in [0.29, 0.717) is 24.4 Å².